The smallest absolute Gasteiger partial charge is 0.311 e. The molecule has 1 aromatic rings. The number of carbonyl (C=O) groups is 1. The minimum absolute atomic E-state index is 0.509. The first kappa shape index (κ1) is 11.0. The molecular weight excluding hydrogens is 202 g/mol. The lowest BCUT2D eigenvalue weighted by Gasteiger charge is -2.41. The van der Waals surface area contributed by atoms with Gasteiger partial charge in [-0.1, -0.05) is 24.6 Å². The van der Waals surface area contributed by atoms with Gasteiger partial charge in [-0.25, -0.2) is 0 Å². The molecule has 0 amide bonds. The fourth-order valence-electron chi connectivity index (χ4n) is 2.27. The highest BCUT2D eigenvalue weighted by Gasteiger charge is 2.45. The van der Waals surface area contributed by atoms with E-state index in [-0.39, 0.29) is 0 Å². The summed E-state index contributed by atoms with van der Waals surface area (Å²) < 4.78 is 0. The van der Waals surface area contributed by atoms with E-state index < -0.39 is 11.4 Å². The normalized spacial score (nSPS) is 17.6. The van der Waals surface area contributed by atoms with Crippen LogP contribution in [0.3, 0.4) is 0 Å². The van der Waals surface area contributed by atoms with Crippen molar-refractivity contribution in [2.45, 2.75) is 19.3 Å². The summed E-state index contributed by atoms with van der Waals surface area (Å²) in [6.45, 7) is 0.604. The molecule has 1 aliphatic rings. The third kappa shape index (κ3) is 1.90. The lowest BCUT2D eigenvalue weighted by atomic mass is 9.68. The number of rotatable bonds is 4. The lowest BCUT2D eigenvalue weighted by Crippen LogP contribution is -2.46. The summed E-state index contributed by atoms with van der Waals surface area (Å²) in [4.78, 5) is 13.3. The Morgan fingerprint density at radius 3 is 2.44 bits per heavy atom. The molecule has 0 bridgehead atoms. The number of hydrogen-bond donors (Lipinski definition) is 1. The Labute approximate surface area is 95.7 Å². The van der Waals surface area contributed by atoms with Crippen LogP contribution in [0.15, 0.2) is 30.3 Å². The van der Waals surface area contributed by atoms with E-state index in [2.05, 4.69) is 0 Å². The number of carboxylic acid groups (broad SMARTS) is 1. The van der Waals surface area contributed by atoms with Gasteiger partial charge in [0.05, 0.1) is 5.41 Å². The summed E-state index contributed by atoms with van der Waals surface area (Å²) in [7, 11) is 1.96. The van der Waals surface area contributed by atoms with Crippen LogP contribution in [0.2, 0.25) is 0 Å². The fraction of sp³-hybridized carbons (Fsp3) is 0.462. The third-order valence-corrected chi connectivity index (χ3v) is 3.50. The van der Waals surface area contributed by atoms with Crippen LogP contribution >= 0.6 is 0 Å². The molecule has 0 aliphatic heterocycles. The molecule has 0 saturated heterocycles. The Hall–Kier alpha value is -1.51. The SMILES string of the molecule is CN(CC1(C(=O)O)CCC1)c1ccccc1. The molecule has 0 aromatic heterocycles. The maximum Gasteiger partial charge on any atom is 0.311 e. The molecule has 0 radical (unpaired) electrons. The van der Waals surface area contributed by atoms with Crippen LogP contribution in [-0.2, 0) is 4.79 Å². The van der Waals surface area contributed by atoms with E-state index in [0.717, 1.165) is 24.9 Å². The molecular formula is C13H17NO2. The Morgan fingerprint density at radius 2 is 2.00 bits per heavy atom. The van der Waals surface area contributed by atoms with E-state index in [9.17, 15) is 9.90 Å². The predicted molar refractivity (Wildman–Crippen MR) is 63.6 cm³/mol. The number of para-hydroxylation sites is 1. The van der Waals surface area contributed by atoms with Crippen molar-refractivity contribution in [1.82, 2.24) is 0 Å². The molecule has 0 spiro atoms. The van der Waals surface area contributed by atoms with Crippen LogP contribution in [0.4, 0.5) is 5.69 Å². The molecule has 3 nitrogen and oxygen atoms in total. The molecule has 0 unspecified atom stereocenters. The summed E-state index contributed by atoms with van der Waals surface area (Å²) in [5.74, 6) is -0.651. The molecule has 0 heterocycles. The number of anilines is 1. The predicted octanol–water partition coefficient (Wildman–Crippen LogP) is 2.38. The number of nitrogens with zero attached hydrogens (tertiary/aromatic N) is 1. The third-order valence-electron chi connectivity index (χ3n) is 3.50. The van der Waals surface area contributed by atoms with E-state index in [1.165, 1.54) is 0 Å². The van der Waals surface area contributed by atoms with Crippen LogP contribution in [0, 0.1) is 5.41 Å². The van der Waals surface area contributed by atoms with E-state index in [1.54, 1.807) is 0 Å². The minimum atomic E-state index is -0.651. The summed E-state index contributed by atoms with van der Waals surface area (Å²) in [5, 5.41) is 9.25. The first-order valence-electron chi connectivity index (χ1n) is 5.64. The number of benzene rings is 1. The van der Waals surface area contributed by atoms with Gasteiger partial charge < -0.3 is 10.0 Å². The molecule has 1 saturated carbocycles. The maximum atomic E-state index is 11.2. The lowest BCUT2D eigenvalue weighted by molar-refractivity contribution is -0.153. The zero-order valence-corrected chi connectivity index (χ0v) is 9.52. The molecule has 1 aliphatic carbocycles. The van der Waals surface area contributed by atoms with Crippen molar-refractivity contribution in [3.63, 3.8) is 0 Å². The van der Waals surface area contributed by atoms with Gasteiger partial charge in [-0.05, 0) is 25.0 Å². The second-order valence-electron chi connectivity index (χ2n) is 4.63. The summed E-state index contributed by atoms with van der Waals surface area (Å²) in [5.41, 5.74) is 0.569. The van der Waals surface area contributed by atoms with E-state index in [4.69, 9.17) is 0 Å². The fourth-order valence-corrected chi connectivity index (χ4v) is 2.27. The molecule has 1 aromatic carbocycles. The van der Waals surface area contributed by atoms with Gasteiger partial charge in [0, 0.05) is 19.3 Å². The molecule has 0 atom stereocenters. The van der Waals surface area contributed by atoms with Crippen LogP contribution in [0.25, 0.3) is 0 Å². The van der Waals surface area contributed by atoms with E-state index >= 15 is 0 Å². The summed E-state index contributed by atoms with van der Waals surface area (Å²) >= 11 is 0. The number of aliphatic carboxylic acids is 1. The van der Waals surface area contributed by atoms with Crippen LogP contribution < -0.4 is 4.90 Å². The van der Waals surface area contributed by atoms with Crippen molar-refractivity contribution in [2.24, 2.45) is 5.41 Å². The average Bonchev–Trinajstić information content (AvgIpc) is 2.24. The van der Waals surface area contributed by atoms with Gasteiger partial charge in [0.25, 0.3) is 0 Å². The zero-order valence-electron chi connectivity index (χ0n) is 9.52. The van der Waals surface area contributed by atoms with Gasteiger partial charge >= 0.3 is 5.97 Å². The first-order valence-corrected chi connectivity index (χ1v) is 5.64. The zero-order chi connectivity index (χ0) is 11.6. The molecule has 1 N–H and O–H groups in total. The van der Waals surface area contributed by atoms with Crippen molar-refractivity contribution in [3.05, 3.63) is 30.3 Å². The van der Waals surface area contributed by atoms with Crippen molar-refractivity contribution in [2.75, 3.05) is 18.5 Å². The van der Waals surface area contributed by atoms with Gasteiger partial charge in [0.2, 0.25) is 0 Å². The summed E-state index contributed by atoms with van der Waals surface area (Å²) in [6, 6.07) is 9.93. The van der Waals surface area contributed by atoms with Crippen molar-refractivity contribution < 1.29 is 9.90 Å². The molecule has 16 heavy (non-hydrogen) atoms. The van der Waals surface area contributed by atoms with Gasteiger partial charge in [0.1, 0.15) is 0 Å². The van der Waals surface area contributed by atoms with Crippen molar-refractivity contribution in [1.29, 1.82) is 0 Å². The molecule has 1 fully saturated rings. The van der Waals surface area contributed by atoms with E-state index in [0.29, 0.717) is 6.54 Å². The van der Waals surface area contributed by atoms with Crippen LogP contribution in [-0.4, -0.2) is 24.7 Å². The van der Waals surface area contributed by atoms with Gasteiger partial charge in [-0.15, -0.1) is 0 Å². The Morgan fingerprint density at radius 1 is 1.38 bits per heavy atom. The Balaban J connectivity index is 2.07. The summed E-state index contributed by atoms with van der Waals surface area (Å²) in [6.07, 6.45) is 2.65. The minimum Gasteiger partial charge on any atom is -0.481 e. The van der Waals surface area contributed by atoms with Gasteiger partial charge in [-0.3, -0.25) is 4.79 Å². The molecule has 2 rings (SSSR count). The highest BCUT2D eigenvalue weighted by Crippen LogP contribution is 2.42. The topological polar surface area (TPSA) is 40.5 Å². The van der Waals surface area contributed by atoms with Gasteiger partial charge in [-0.2, -0.15) is 0 Å². The number of carboxylic acids is 1. The van der Waals surface area contributed by atoms with Gasteiger partial charge in [0.15, 0.2) is 0 Å². The average molecular weight is 219 g/mol. The quantitative estimate of drug-likeness (QED) is 0.845. The highest BCUT2D eigenvalue weighted by atomic mass is 16.4. The monoisotopic (exact) mass is 219 g/mol. The second-order valence-corrected chi connectivity index (χ2v) is 4.63. The largest absolute Gasteiger partial charge is 0.481 e. The van der Waals surface area contributed by atoms with Crippen LogP contribution in [0.1, 0.15) is 19.3 Å². The van der Waals surface area contributed by atoms with Crippen molar-refractivity contribution >= 4 is 11.7 Å². The second kappa shape index (κ2) is 4.16. The van der Waals surface area contributed by atoms with E-state index in [1.807, 2.05) is 42.3 Å². The van der Waals surface area contributed by atoms with Crippen LogP contribution in [0.5, 0.6) is 0 Å². The Bertz CT molecular complexity index is 371. The maximum absolute atomic E-state index is 11.2. The number of hydrogen-bond acceptors (Lipinski definition) is 2. The first-order chi connectivity index (χ1) is 7.64. The van der Waals surface area contributed by atoms with Crippen molar-refractivity contribution in [3.8, 4) is 0 Å². The Kier molecular flexibility index (Phi) is 2.86. The highest BCUT2D eigenvalue weighted by molar-refractivity contribution is 5.76. The standard InChI is InChI=1S/C13H17NO2/c1-14(11-6-3-2-4-7-11)10-13(12(15)16)8-5-9-13/h2-4,6-7H,5,8-10H2,1H3,(H,15,16). The molecule has 3 heteroatoms. The molecule has 86 valence electrons.